The first-order valence-corrected chi connectivity index (χ1v) is 7.61. The van der Waals surface area contributed by atoms with Crippen molar-refractivity contribution >= 4 is 5.97 Å². The summed E-state index contributed by atoms with van der Waals surface area (Å²) in [5.41, 5.74) is -2.25. The fourth-order valence-electron chi connectivity index (χ4n) is 3.02. The molecular formula is C15H23FN2O3. The molecule has 21 heavy (non-hydrogen) atoms. The van der Waals surface area contributed by atoms with Crippen LogP contribution in [0.25, 0.3) is 0 Å². The monoisotopic (exact) mass is 298 g/mol. The summed E-state index contributed by atoms with van der Waals surface area (Å²) in [4.78, 5) is 14.0. The molecule has 0 aromatic heterocycles. The van der Waals surface area contributed by atoms with E-state index < -0.39 is 17.1 Å². The van der Waals surface area contributed by atoms with Crippen LogP contribution in [0.15, 0.2) is 0 Å². The second kappa shape index (κ2) is 6.71. The van der Waals surface area contributed by atoms with E-state index in [1.807, 2.05) is 4.90 Å². The molecule has 118 valence electrons. The molecule has 0 radical (unpaired) electrons. The Balaban J connectivity index is 1.90. The largest absolute Gasteiger partial charge is 0.465 e. The maximum absolute atomic E-state index is 14.6. The van der Waals surface area contributed by atoms with E-state index in [1.165, 1.54) is 0 Å². The molecule has 0 bridgehead atoms. The number of hydrogen-bond donors (Lipinski definition) is 0. The highest BCUT2D eigenvalue weighted by molar-refractivity contribution is 5.80. The highest BCUT2D eigenvalue weighted by atomic mass is 19.1. The summed E-state index contributed by atoms with van der Waals surface area (Å²) in [7, 11) is 0. The third kappa shape index (κ3) is 3.72. The third-order valence-corrected chi connectivity index (χ3v) is 4.49. The molecule has 2 aliphatic heterocycles. The molecule has 2 rings (SSSR count). The Morgan fingerprint density at radius 2 is 1.95 bits per heavy atom. The van der Waals surface area contributed by atoms with E-state index in [4.69, 9.17) is 9.47 Å². The zero-order valence-electron chi connectivity index (χ0n) is 12.6. The minimum Gasteiger partial charge on any atom is -0.465 e. The van der Waals surface area contributed by atoms with E-state index >= 15 is 0 Å². The van der Waals surface area contributed by atoms with Crippen LogP contribution < -0.4 is 0 Å². The van der Waals surface area contributed by atoms with Crippen molar-refractivity contribution in [3.63, 3.8) is 0 Å². The molecular weight excluding hydrogens is 275 g/mol. The molecule has 0 aromatic carbocycles. The van der Waals surface area contributed by atoms with Crippen LogP contribution in [-0.2, 0) is 14.3 Å². The summed E-state index contributed by atoms with van der Waals surface area (Å²) in [5, 5.41) is 9.34. The van der Waals surface area contributed by atoms with Crippen molar-refractivity contribution < 1.29 is 18.7 Å². The van der Waals surface area contributed by atoms with Gasteiger partial charge >= 0.3 is 5.97 Å². The van der Waals surface area contributed by atoms with Gasteiger partial charge in [-0.15, -0.1) is 0 Å². The van der Waals surface area contributed by atoms with Crippen LogP contribution in [0.5, 0.6) is 0 Å². The number of carbonyl (C=O) groups excluding carboxylic acids is 1. The minimum absolute atomic E-state index is 0.277. The number of hydrogen-bond acceptors (Lipinski definition) is 5. The average Bonchev–Trinajstić information content (AvgIpc) is 2.49. The van der Waals surface area contributed by atoms with Gasteiger partial charge in [0.1, 0.15) is 5.67 Å². The highest BCUT2D eigenvalue weighted by Crippen LogP contribution is 2.34. The van der Waals surface area contributed by atoms with Crippen molar-refractivity contribution in [2.24, 2.45) is 5.41 Å². The normalized spacial score (nSPS) is 25.0. The van der Waals surface area contributed by atoms with Crippen LogP contribution in [0.2, 0.25) is 0 Å². The summed E-state index contributed by atoms with van der Waals surface area (Å²) in [6, 6.07) is 2.12. The number of nitriles is 1. The number of nitrogens with zero attached hydrogens (tertiary/aromatic N) is 2. The van der Waals surface area contributed by atoms with Gasteiger partial charge < -0.3 is 14.4 Å². The smallest absolute Gasteiger partial charge is 0.326 e. The van der Waals surface area contributed by atoms with Gasteiger partial charge in [0.15, 0.2) is 5.41 Å². The lowest BCUT2D eigenvalue weighted by Crippen LogP contribution is -2.50. The molecule has 0 aliphatic carbocycles. The lowest BCUT2D eigenvalue weighted by Gasteiger charge is -2.40. The molecule has 2 saturated heterocycles. The maximum atomic E-state index is 14.6. The van der Waals surface area contributed by atoms with Gasteiger partial charge in [-0.05, 0) is 19.8 Å². The number of piperidine rings is 1. The van der Waals surface area contributed by atoms with E-state index in [0.29, 0.717) is 58.5 Å². The molecule has 0 atom stereocenters. The number of carbonyl (C=O) groups is 1. The fourth-order valence-corrected chi connectivity index (χ4v) is 3.02. The van der Waals surface area contributed by atoms with E-state index in [1.54, 1.807) is 6.92 Å². The van der Waals surface area contributed by atoms with Crippen molar-refractivity contribution in [3.8, 4) is 6.07 Å². The lowest BCUT2D eigenvalue weighted by molar-refractivity contribution is -0.154. The number of esters is 1. The molecule has 2 fully saturated rings. The molecule has 0 amide bonds. The van der Waals surface area contributed by atoms with Gasteiger partial charge in [-0.1, -0.05) is 0 Å². The Morgan fingerprint density at radius 1 is 1.33 bits per heavy atom. The van der Waals surface area contributed by atoms with Crippen LogP contribution >= 0.6 is 0 Å². The summed E-state index contributed by atoms with van der Waals surface area (Å²) < 4.78 is 24.8. The predicted molar refractivity (Wildman–Crippen MR) is 74.2 cm³/mol. The van der Waals surface area contributed by atoms with Crippen molar-refractivity contribution in [2.45, 2.75) is 38.3 Å². The van der Waals surface area contributed by atoms with Gasteiger partial charge in [0.05, 0.1) is 12.7 Å². The van der Waals surface area contributed by atoms with Crippen LogP contribution in [0, 0.1) is 16.7 Å². The first-order valence-electron chi connectivity index (χ1n) is 7.61. The molecule has 0 unspecified atom stereocenters. The molecule has 6 heteroatoms. The topological polar surface area (TPSA) is 62.6 Å². The molecule has 0 aromatic rings. The van der Waals surface area contributed by atoms with Crippen LogP contribution in [0.1, 0.15) is 32.6 Å². The lowest BCUT2D eigenvalue weighted by atomic mass is 9.79. The first-order chi connectivity index (χ1) is 10.0. The van der Waals surface area contributed by atoms with Crippen molar-refractivity contribution in [3.05, 3.63) is 0 Å². The molecule has 0 N–H and O–H groups in total. The second-order valence-electron chi connectivity index (χ2n) is 5.95. The Hall–Kier alpha value is -1.19. The highest BCUT2D eigenvalue weighted by Gasteiger charge is 2.44. The van der Waals surface area contributed by atoms with E-state index in [0.717, 1.165) is 0 Å². The molecule has 5 nitrogen and oxygen atoms in total. The Kier molecular flexibility index (Phi) is 5.17. The molecule has 2 heterocycles. The standard InChI is InChI=1S/C15H23FN2O3/c1-2-21-13(19)14(11-17)3-7-18(8-4-14)12-15(16)5-9-20-10-6-15/h2-10,12H2,1H3. The fraction of sp³-hybridized carbons (Fsp3) is 0.867. The van der Waals surface area contributed by atoms with Crippen LogP contribution in [0.3, 0.4) is 0 Å². The number of rotatable bonds is 4. The maximum Gasteiger partial charge on any atom is 0.326 e. The Morgan fingerprint density at radius 3 is 2.48 bits per heavy atom. The second-order valence-corrected chi connectivity index (χ2v) is 5.95. The zero-order valence-corrected chi connectivity index (χ0v) is 12.6. The van der Waals surface area contributed by atoms with Gasteiger partial charge in [0.2, 0.25) is 0 Å². The van der Waals surface area contributed by atoms with Gasteiger partial charge in [-0.3, -0.25) is 4.79 Å². The molecule has 2 aliphatic rings. The quantitative estimate of drug-likeness (QED) is 0.739. The van der Waals surface area contributed by atoms with Crippen molar-refractivity contribution in [1.29, 1.82) is 5.26 Å². The summed E-state index contributed by atoms with van der Waals surface area (Å²) in [6.07, 6.45) is 1.67. The summed E-state index contributed by atoms with van der Waals surface area (Å²) in [5.74, 6) is -0.437. The summed E-state index contributed by atoms with van der Waals surface area (Å²) >= 11 is 0. The van der Waals surface area contributed by atoms with Gasteiger partial charge in [-0.25, -0.2) is 4.39 Å². The van der Waals surface area contributed by atoms with Crippen LogP contribution in [0.4, 0.5) is 4.39 Å². The van der Waals surface area contributed by atoms with Crippen LogP contribution in [-0.4, -0.2) is 56.0 Å². The SMILES string of the molecule is CCOC(=O)C1(C#N)CCN(CC2(F)CCOCC2)CC1. The predicted octanol–water partition coefficient (Wildman–Crippen LogP) is 1.67. The summed E-state index contributed by atoms with van der Waals surface area (Å²) in [6.45, 7) is 4.42. The van der Waals surface area contributed by atoms with E-state index in [2.05, 4.69) is 6.07 Å². The zero-order chi connectivity index (χ0) is 15.3. The number of ether oxygens (including phenoxy) is 2. The first kappa shape index (κ1) is 16.2. The van der Waals surface area contributed by atoms with E-state index in [9.17, 15) is 14.4 Å². The molecule has 0 spiro atoms. The average molecular weight is 298 g/mol. The van der Waals surface area contributed by atoms with Crippen molar-refractivity contribution in [2.75, 3.05) is 39.5 Å². The number of alkyl halides is 1. The van der Waals surface area contributed by atoms with Gasteiger partial charge in [-0.2, -0.15) is 5.26 Å². The molecule has 0 saturated carbocycles. The van der Waals surface area contributed by atoms with Gasteiger partial charge in [0, 0.05) is 45.7 Å². The Labute approximate surface area is 125 Å². The Bertz CT molecular complexity index is 408. The third-order valence-electron chi connectivity index (χ3n) is 4.49. The number of likely N-dealkylation sites (tertiary alicyclic amines) is 1. The van der Waals surface area contributed by atoms with E-state index in [-0.39, 0.29) is 6.61 Å². The number of halogens is 1. The van der Waals surface area contributed by atoms with Crippen molar-refractivity contribution in [1.82, 2.24) is 4.90 Å². The minimum atomic E-state index is -1.20. The van der Waals surface area contributed by atoms with Gasteiger partial charge in [0.25, 0.3) is 0 Å².